The number of sulfonamides is 1. The molecule has 1 amide bonds. The van der Waals surface area contributed by atoms with Crippen molar-refractivity contribution >= 4 is 21.6 Å². The van der Waals surface area contributed by atoms with Gasteiger partial charge in [-0.05, 0) is 80.6 Å². The van der Waals surface area contributed by atoms with Gasteiger partial charge in [-0.15, -0.1) is 0 Å². The van der Waals surface area contributed by atoms with Gasteiger partial charge in [0.05, 0.1) is 11.4 Å². The molecule has 172 valence electrons. The molecule has 0 unspecified atom stereocenters. The minimum absolute atomic E-state index is 0.00251. The molecule has 0 spiro atoms. The molecule has 1 saturated heterocycles. The zero-order chi connectivity index (χ0) is 22.7. The van der Waals surface area contributed by atoms with E-state index in [1.165, 1.54) is 12.1 Å². The van der Waals surface area contributed by atoms with Gasteiger partial charge >= 0.3 is 0 Å². The van der Waals surface area contributed by atoms with Gasteiger partial charge < -0.3 is 4.90 Å². The van der Waals surface area contributed by atoms with Crippen LogP contribution >= 0.6 is 0 Å². The number of hydrogen-bond donors (Lipinski definition) is 0. The topological polar surface area (TPSA) is 60.9 Å². The van der Waals surface area contributed by atoms with Crippen molar-refractivity contribution in [2.24, 2.45) is 0 Å². The van der Waals surface area contributed by atoms with Crippen LogP contribution in [0.3, 0.4) is 0 Å². The maximum Gasteiger partial charge on any atom is 0.243 e. The Labute approximate surface area is 189 Å². The summed E-state index contributed by atoms with van der Waals surface area (Å²) in [5.41, 5.74) is 2.76. The molecule has 0 atom stereocenters. The molecule has 0 N–H and O–H groups in total. The van der Waals surface area contributed by atoms with Crippen molar-refractivity contribution in [2.75, 3.05) is 44.7 Å². The molecule has 6 nitrogen and oxygen atoms in total. The predicted octanol–water partition coefficient (Wildman–Crippen LogP) is 3.06. The zero-order valence-corrected chi connectivity index (χ0v) is 19.3. The molecule has 0 saturated carbocycles. The largest absolute Gasteiger partial charge is 0.311 e. The summed E-state index contributed by atoms with van der Waals surface area (Å²) >= 11 is 0. The molecule has 0 aliphatic carbocycles. The highest BCUT2D eigenvalue weighted by Gasteiger charge is 2.29. The second kappa shape index (κ2) is 9.68. The van der Waals surface area contributed by atoms with Crippen molar-refractivity contribution < 1.29 is 17.6 Å². The summed E-state index contributed by atoms with van der Waals surface area (Å²) in [5, 5.41) is 0. The fourth-order valence-electron chi connectivity index (χ4n) is 4.44. The summed E-state index contributed by atoms with van der Waals surface area (Å²) in [6.07, 6.45) is 4.12. The quantitative estimate of drug-likeness (QED) is 0.639. The van der Waals surface area contributed by atoms with Crippen molar-refractivity contribution in [1.29, 1.82) is 0 Å². The number of hydrogen-bond acceptors (Lipinski definition) is 4. The van der Waals surface area contributed by atoms with E-state index in [0.717, 1.165) is 48.9 Å². The Morgan fingerprint density at radius 1 is 1.03 bits per heavy atom. The molecule has 4 rings (SSSR count). The Bertz CT molecular complexity index is 1070. The molecule has 2 aromatic rings. The average Bonchev–Trinajstić information content (AvgIpc) is 3.34. The minimum atomic E-state index is -3.47. The van der Waals surface area contributed by atoms with Gasteiger partial charge in [0.1, 0.15) is 5.82 Å². The smallest absolute Gasteiger partial charge is 0.243 e. The summed E-state index contributed by atoms with van der Waals surface area (Å²) in [5.74, 6) is -0.250. The van der Waals surface area contributed by atoms with Crippen LogP contribution in [0.25, 0.3) is 0 Å². The van der Waals surface area contributed by atoms with Crippen LogP contribution in [0.5, 0.6) is 0 Å². The number of carbonyl (C=O) groups excluding carboxylic acids is 1. The first-order chi connectivity index (χ1) is 15.3. The molecular weight excluding hydrogens is 429 g/mol. The molecule has 2 aliphatic rings. The summed E-state index contributed by atoms with van der Waals surface area (Å²) in [7, 11) is -1.57. The Morgan fingerprint density at radius 2 is 1.75 bits per heavy atom. The number of aryl methyl sites for hydroxylation is 1. The zero-order valence-electron chi connectivity index (χ0n) is 18.5. The number of halogens is 1. The molecule has 2 aromatic carbocycles. The van der Waals surface area contributed by atoms with Crippen LogP contribution in [0.15, 0.2) is 47.4 Å². The van der Waals surface area contributed by atoms with Gasteiger partial charge in [-0.1, -0.05) is 12.1 Å². The number of fused-ring (bicyclic) bond motifs is 1. The third kappa shape index (κ3) is 5.03. The summed E-state index contributed by atoms with van der Waals surface area (Å²) in [6.45, 7) is 2.75. The van der Waals surface area contributed by atoms with Gasteiger partial charge in [-0.25, -0.2) is 12.8 Å². The molecule has 32 heavy (non-hydrogen) atoms. The predicted molar refractivity (Wildman–Crippen MR) is 123 cm³/mol. The number of likely N-dealkylation sites (N-methyl/N-ethyl adjacent to an activating group) is 1. The van der Waals surface area contributed by atoms with E-state index in [0.29, 0.717) is 31.1 Å². The Hall–Kier alpha value is -2.29. The van der Waals surface area contributed by atoms with Crippen LogP contribution in [0.4, 0.5) is 10.1 Å². The van der Waals surface area contributed by atoms with Gasteiger partial charge in [0, 0.05) is 31.9 Å². The molecule has 8 heteroatoms. The van der Waals surface area contributed by atoms with Crippen molar-refractivity contribution in [3.8, 4) is 0 Å². The van der Waals surface area contributed by atoms with Crippen LogP contribution in [0.2, 0.25) is 0 Å². The first kappa shape index (κ1) is 22.9. The molecular formula is C24H30FN3O3S. The van der Waals surface area contributed by atoms with E-state index in [9.17, 15) is 17.6 Å². The SMILES string of the molecule is CN(CCc1ccc(F)cc1)CC(=O)N1CCCc2cc(S(=O)(=O)N3CCCC3)ccc21. The van der Waals surface area contributed by atoms with Crippen LogP contribution in [-0.4, -0.2) is 63.3 Å². The average molecular weight is 460 g/mol. The lowest BCUT2D eigenvalue weighted by atomic mass is 10.0. The molecule has 0 bridgehead atoms. The lowest BCUT2D eigenvalue weighted by Crippen LogP contribution is -2.42. The highest BCUT2D eigenvalue weighted by molar-refractivity contribution is 7.89. The van der Waals surface area contributed by atoms with E-state index in [1.807, 2.05) is 11.9 Å². The van der Waals surface area contributed by atoms with Crippen LogP contribution in [0.1, 0.15) is 30.4 Å². The molecule has 2 aliphatic heterocycles. The molecule has 2 heterocycles. The van der Waals surface area contributed by atoms with Gasteiger partial charge in [-0.3, -0.25) is 9.69 Å². The Balaban J connectivity index is 1.41. The van der Waals surface area contributed by atoms with Crippen molar-refractivity contribution in [1.82, 2.24) is 9.21 Å². The van der Waals surface area contributed by atoms with Crippen LogP contribution in [-0.2, 0) is 27.7 Å². The molecule has 0 radical (unpaired) electrons. The molecule has 1 fully saturated rings. The lowest BCUT2D eigenvalue weighted by molar-refractivity contribution is -0.119. The van der Waals surface area contributed by atoms with Gasteiger partial charge in [0.2, 0.25) is 15.9 Å². The van der Waals surface area contributed by atoms with Crippen LogP contribution < -0.4 is 4.90 Å². The Morgan fingerprint density at radius 3 is 2.47 bits per heavy atom. The molecule has 0 aromatic heterocycles. The summed E-state index contributed by atoms with van der Waals surface area (Å²) in [6, 6.07) is 11.6. The number of nitrogens with zero attached hydrogens (tertiary/aromatic N) is 3. The first-order valence-corrected chi connectivity index (χ1v) is 12.6. The third-order valence-corrected chi connectivity index (χ3v) is 8.17. The van der Waals surface area contributed by atoms with Crippen molar-refractivity contribution in [3.63, 3.8) is 0 Å². The van der Waals surface area contributed by atoms with Gasteiger partial charge in [0.15, 0.2) is 0 Å². The maximum absolute atomic E-state index is 13.1. The van der Waals surface area contributed by atoms with Gasteiger partial charge in [0.25, 0.3) is 0 Å². The minimum Gasteiger partial charge on any atom is -0.311 e. The number of carbonyl (C=O) groups is 1. The summed E-state index contributed by atoms with van der Waals surface area (Å²) < 4.78 is 40.4. The number of anilines is 1. The number of amides is 1. The number of rotatable bonds is 7. The second-order valence-electron chi connectivity index (χ2n) is 8.66. The van der Waals surface area contributed by atoms with Gasteiger partial charge in [-0.2, -0.15) is 4.31 Å². The van der Waals surface area contributed by atoms with E-state index >= 15 is 0 Å². The fourth-order valence-corrected chi connectivity index (χ4v) is 6.01. The summed E-state index contributed by atoms with van der Waals surface area (Å²) in [4.78, 5) is 17.1. The number of benzene rings is 2. The van der Waals surface area contributed by atoms with Crippen LogP contribution in [0, 0.1) is 5.82 Å². The van der Waals surface area contributed by atoms with Crippen molar-refractivity contribution in [2.45, 2.75) is 37.0 Å². The van der Waals surface area contributed by atoms with E-state index in [-0.39, 0.29) is 18.3 Å². The normalized spacial score (nSPS) is 17.0. The first-order valence-electron chi connectivity index (χ1n) is 11.2. The standard InChI is InChI=1S/C24H30FN3O3S/c1-26(16-12-19-6-8-21(25)9-7-19)18-24(29)28-15-4-5-20-17-22(10-11-23(20)28)32(30,31)27-13-2-3-14-27/h6-11,17H,2-5,12-16,18H2,1H3. The van der Waals surface area contributed by atoms with E-state index in [1.54, 1.807) is 39.5 Å². The highest BCUT2D eigenvalue weighted by Crippen LogP contribution is 2.31. The van der Waals surface area contributed by atoms with Crippen molar-refractivity contribution in [3.05, 3.63) is 59.4 Å². The maximum atomic E-state index is 13.1. The highest BCUT2D eigenvalue weighted by atomic mass is 32.2. The van der Waals surface area contributed by atoms with E-state index < -0.39 is 10.0 Å². The monoisotopic (exact) mass is 459 g/mol. The second-order valence-corrected chi connectivity index (χ2v) is 10.6. The lowest BCUT2D eigenvalue weighted by Gasteiger charge is -2.31. The third-order valence-electron chi connectivity index (χ3n) is 6.27. The fraction of sp³-hybridized carbons (Fsp3) is 0.458. The van der Waals surface area contributed by atoms with E-state index in [4.69, 9.17) is 0 Å². The Kier molecular flexibility index (Phi) is 6.93. The van der Waals surface area contributed by atoms with E-state index in [2.05, 4.69) is 0 Å².